The van der Waals surface area contributed by atoms with Gasteiger partial charge in [0.1, 0.15) is 11.5 Å². The van der Waals surface area contributed by atoms with Crippen molar-refractivity contribution < 1.29 is 14.1 Å². The zero-order chi connectivity index (χ0) is 16.9. The highest BCUT2D eigenvalue weighted by molar-refractivity contribution is 5.62. The lowest BCUT2D eigenvalue weighted by Gasteiger charge is -2.23. The molecule has 0 bridgehead atoms. The molecule has 0 amide bonds. The monoisotopic (exact) mass is 330 g/mol. The van der Waals surface area contributed by atoms with Crippen LogP contribution in [0.15, 0.2) is 48.5 Å². The van der Waals surface area contributed by atoms with Gasteiger partial charge in [0.2, 0.25) is 0 Å². The fraction of sp³-hybridized carbons (Fsp3) is 0.333. The summed E-state index contributed by atoms with van der Waals surface area (Å²) in [6.07, 6.45) is 1.79. The molecule has 6 heteroatoms. The van der Waals surface area contributed by atoms with Gasteiger partial charge < -0.3 is 10.1 Å². The molecule has 2 aromatic carbocycles. The summed E-state index contributed by atoms with van der Waals surface area (Å²) in [5.74, 6) is -0.213. The number of benzene rings is 2. The van der Waals surface area contributed by atoms with Gasteiger partial charge in [0.25, 0.3) is 5.69 Å². The molecular weight excluding hydrogens is 311 g/mol. The summed E-state index contributed by atoms with van der Waals surface area (Å²) >= 11 is 0. The Bertz CT molecular complexity index is 703. The number of rotatable bonds is 6. The van der Waals surface area contributed by atoms with Crippen molar-refractivity contribution in [3.63, 3.8) is 0 Å². The Hall–Kier alpha value is -2.47. The van der Waals surface area contributed by atoms with E-state index in [-0.39, 0.29) is 11.7 Å². The van der Waals surface area contributed by atoms with Gasteiger partial charge in [-0.25, -0.2) is 4.39 Å². The van der Waals surface area contributed by atoms with Crippen LogP contribution in [0.4, 0.5) is 15.8 Å². The second-order valence-electron chi connectivity index (χ2n) is 5.99. The molecule has 0 aromatic heterocycles. The third-order valence-electron chi connectivity index (χ3n) is 4.28. The van der Waals surface area contributed by atoms with Gasteiger partial charge in [-0.2, -0.15) is 0 Å². The number of halogens is 1. The van der Waals surface area contributed by atoms with Gasteiger partial charge in [-0.3, -0.25) is 10.1 Å². The van der Waals surface area contributed by atoms with E-state index < -0.39 is 10.7 Å². The van der Waals surface area contributed by atoms with Crippen molar-refractivity contribution in [2.75, 3.05) is 18.5 Å². The molecule has 1 aliphatic heterocycles. The van der Waals surface area contributed by atoms with Crippen molar-refractivity contribution in [3.05, 3.63) is 70.0 Å². The quantitative estimate of drug-likeness (QED) is 0.633. The lowest BCUT2D eigenvalue weighted by molar-refractivity contribution is -0.384. The first kappa shape index (κ1) is 16.4. The van der Waals surface area contributed by atoms with E-state index in [0.29, 0.717) is 18.2 Å². The van der Waals surface area contributed by atoms with Gasteiger partial charge in [0.05, 0.1) is 17.0 Å². The molecule has 1 saturated heterocycles. The first-order valence-electron chi connectivity index (χ1n) is 7.96. The second kappa shape index (κ2) is 7.40. The van der Waals surface area contributed by atoms with Crippen molar-refractivity contribution in [3.8, 4) is 0 Å². The van der Waals surface area contributed by atoms with Crippen LogP contribution in [0.25, 0.3) is 0 Å². The van der Waals surface area contributed by atoms with E-state index >= 15 is 0 Å². The summed E-state index contributed by atoms with van der Waals surface area (Å²) in [5.41, 5.74) is 1.12. The maximum atomic E-state index is 13.3. The van der Waals surface area contributed by atoms with Crippen molar-refractivity contribution in [1.29, 1.82) is 0 Å². The number of nitro groups is 1. The minimum Gasteiger partial charge on any atom is -0.381 e. The predicted octanol–water partition coefficient (Wildman–Crippen LogP) is 4.31. The maximum Gasteiger partial charge on any atom is 0.295 e. The van der Waals surface area contributed by atoms with E-state index in [4.69, 9.17) is 4.74 Å². The van der Waals surface area contributed by atoms with E-state index in [2.05, 4.69) is 5.32 Å². The summed E-state index contributed by atoms with van der Waals surface area (Å²) in [6.45, 7) is 1.46. The van der Waals surface area contributed by atoms with E-state index in [1.807, 2.05) is 30.3 Å². The third kappa shape index (κ3) is 3.89. The van der Waals surface area contributed by atoms with Crippen LogP contribution in [0.5, 0.6) is 0 Å². The van der Waals surface area contributed by atoms with Crippen LogP contribution >= 0.6 is 0 Å². The van der Waals surface area contributed by atoms with Gasteiger partial charge in [-0.15, -0.1) is 0 Å². The summed E-state index contributed by atoms with van der Waals surface area (Å²) in [7, 11) is 0. The molecule has 2 aromatic rings. The van der Waals surface area contributed by atoms with Crippen LogP contribution in [0.2, 0.25) is 0 Å². The average Bonchev–Trinajstić information content (AvgIpc) is 3.09. The van der Waals surface area contributed by atoms with Crippen LogP contribution in [0.1, 0.15) is 24.4 Å². The molecule has 0 spiro atoms. The first-order valence-corrected chi connectivity index (χ1v) is 7.96. The molecule has 126 valence electrons. The average molecular weight is 330 g/mol. The van der Waals surface area contributed by atoms with Crippen molar-refractivity contribution in [1.82, 2.24) is 0 Å². The Morgan fingerprint density at radius 3 is 2.75 bits per heavy atom. The van der Waals surface area contributed by atoms with Gasteiger partial charge in [0.15, 0.2) is 0 Å². The fourth-order valence-corrected chi connectivity index (χ4v) is 3.03. The zero-order valence-corrected chi connectivity index (χ0v) is 13.2. The number of hydrogen-bond acceptors (Lipinski definition) is 4. The molecule has 2 atom stereocenters. The van der Waals surface area contributed by atoms with Crippen molar-refractivity contribution >= 4 is 11.4 Å². The van der Waals surface area contributed by atoms with E-state index in [0.717, 1.165) is 31.1 Å². The van der Waals surface area contributed by atoms with E-state index in [1.54, 1.807) is 0 Å². The normalized spacial score (nSPS) is 18.3. The molecule has 1 fully saturated rings. The Morgan fingerprint density at radius 2 is 2.08 bits per heavy atom. The molecule has 0 saturated carbocycles. The molecule has 3 rings (SSSR count). The highest BCUT2D eigenvalue weighted by Gasteiger charge is 2.24. The molecule has 0 aliphatic carbocycles. The van der Waals surface area contributed by atoms with E-state index in [9.17, 15) is 14.5 Å². The molecule has 1 heterocycles. The lowest BCUT2D eigenvalue weighted by Crippen LogP contribution is -2.16. The standard InChI is InChI=1S/C18H19FN2O3/c19-15-6-7-16(18(11-15)21(22)23)20-17(10-13-8-9-24-12-13)14-4-2-1-3-5-14/h1-7,11,13,17,20H,8-10,12H2. The minimum absolute atomic E-state index is 0.0953. The number of anilines is 1. The Morgan fingerprint density at radius 1 is 1.29 bits per heavy atom. The van der Waals surface area contributed by atoms with Crippen molar-refractivity contribution in [2.45, 2.75) is 18.9 Å². The molecule has 0 radical (unpaired) electrons. The molecule has 1 N–H and O–H groups in total. The topological polar surface area (TPSA) is 64.4 Å². The van der Waals surface area contributed by atoms with Gasteiger partial charge in [-0.05, 0) is 36.5 Å². The number of hydrogen-bond donors (Lipinski definition) is 1. The second-order valence-corrected chi connectivity index (χ2v) is 5.99. The van der Waals surface area contributed by atoms with E-state index in [1.165, 1.54) is 12.1 Å². The maximum absolute atomic E-state index is 13.3. The summed E-state index contributed by atoms with van der Waals surface area (Å²) in [4.78, 5) is 10.7. The fourth-order valence-electron chi connectivity index (χ4n) is 3.03. The molecule has 2 unspecified atom stereocenters. The van der Waals surface area contributed by atoms with Gasteiger partial charge >= 0.3 is 0 Å². The number of nitro benzene ring substituents is 1. The summed E-state index contributed by atoms with van der Waals surface area (Å²) < 4.78 is 18.8. The summed E-state index contributed by atoms with van der Waals surface area (Å²) in [5, 5.41) is 14.5. The number of ether oxygens (including phenoxy) is 1. The van der Waals surface area contributed by atoms with Gasteiger partial charge in [0, 0.05) is 13.2 Å². The molecular formula is C18H19FN2O3. The van der Waals surface area contributed by atoms with Crippen LogP contribution in [-0.4, -0.2) is 18.1 Å². The number of nitrogens with zero attached hydrogens (tertiary/aromatic N) is 1. The Labute approximate surface area is 139 Å². The smallest absolute Gasteiger partial charge is 0.295 e. The van der Waals surface area contributed by atoms with Crippen molar-refractivity contribution in [2.24, 2.45) is 5.92 Å². The lowest BCUT2D eigenvalue weighted by atomic mass is 9.94. The molecule has 24 heavy (non-hydrogen) atoms. The molecule has 1 aliphatic rings. The SMILES string of the molecule is O=[N+]([O-])c1cc(F)ccc1NC(CC1CCOC1)c1ccccc1. The Balaban J connectivity index is 1.87. The van der Waals surface area contributed by atoms with Gasteiger partial charge in [-0.1, -0.05) is 30.3 Å². The first-order chi connectivity index (χ1) is 11.6. The minimum atomic E-state index is -0.618. The highest BCUT2D eigenvalue weighted by atomic mass is 19.1. The molecule has 5 nitrogen and oxygen atoms in total. The van der Waals surface area contributed by atoms with Crippen LogP contribution < -0.4 is 5.32 Å². The third-order valence-corrected chi connectivity index (χ3v) is 4.28. The Kier molecular flexibility index (Phi) is 5.05. The van der Waals surface area contributed by atoms with Crippen LogP contribution in [-0.2, 0) is 4.74 Å². The van der Waals surface area contributed by atoms with Crippen LogP contribution in [0, 0.1) is 21.8 Å². The highest BCUT2D eigenvalue weighted by Crippen LogP contribution is 2.33. The largest absolute Gasteiger partial charge is 0.381 e. The summed E-state index contributed by atoms with van der Waals surface area (Å²) in [6, 6.07) is 13.3. The zero-order valence-electron chi connectivity index (χ0n) is 13.2. The predicted molar refractivity (Wildman–Crippen MR) is 89.4 cm³/mol. The van der Waals surface area contributed by atoms with Crippen LogP contribution in [0.3, 0.4) is 0 Å². The number of nitrogens with one attached hydrogen (secondary N) is 1.